The Kier molecular flexibility index (Phi) is 4.80. The van der Waals surface area contributed by atoms with Crippen molar-refractivity contribution in [2.45, 2.75) is 38.8 Å². The first-order valence-corrected chi connectivity index (χ1v) is 6.81. The van der Waals surface area contributed by atoms with Crippen LogP contribution in [0.15, 0.2) is 24.3 Å². The normalized spacial score (nSPS) is 15.9. The number of hydrogen-bond acceptors (Lipinski definition) is 4. The maximum absolute atomic E-state index is 11.8. The van der Waals surface area contributed by atoms with E-state index in [0.717, 1.165) is 24.2 Å². The zero-order chi connectivity index (χ0) is 13.7. The second-order valence-electron chi connectivity index (χ2n) is 4.87. The molecular formula is C15H21NO3. The van der Waals surface area contributed by atoms with Crippen LogP contribution in [0.1, 0.15) is 25.3 Å². The summed E-state index contributed by atoms with van der Waals surface area (Å²) in [5, 5.41) is 3.26. The van der Waals surface area contributed by atoms with Crippen molar-refractivity contribution in [2.75, 3.05) is 13.2 Å². The van der Waals surface area contributed by atoms with Crippen LogP contribution in [-0.2, 0) is 9.53 Å². The van der Waals surface area contributed by atoms with E-state index in [1.807, 2.05) is 38.1 Å². The third-order valence-corrected chi connectivity index (χ3v) is 2.99. The van der Waals surface area contributed by atoms with E-state index in [9.17, 15) is 4.79 Å². The maximum Gasteiger partial charge on any atom is 0.326 e. The van der Waals surface area contributed by atoms with Crippen LogP contribution in [-0.4, -0.2) is 31.3 Å². The highest BCUT2D eigenvalue weighted by atomic mass is 16.5. The number of hydrogen-bond donors (Lipinski definition) is 1. The minimum Gasteiger partial charge on any atom is -0.491 e. The van der Waals surface area contributed by atoms with E-state index in [4.69, 9.17) is 9.47 Å². The lowest BCUT2D eigenvalue weighted by atomic mass is 10.2. The second kappa shape index (κ2) is 6.57. The zero-order valence-corrected chi connectivity index (χ0v) is 11.5. The molecule has 1 aromatic carbocycles. The van der Waals surface area contributed by atoms with Gasteiger partial charge in [-0.3, -0.25) is 10.1 Å². The van der Waals surface area contributed by atoms with Gasteiger partial charge in [0.05, 0.1) is 6.61 Å². The van der Waals surface area contributed by atoms with Gasteiger partial charge in [-0.15, -0.1) is 0 Å². The minimum absolute atomic E-state index is 0.234. The Morgan fingerprint density at radius 1 is 1.47 bits per heavy atom. The van der Waals surface area contributed by atoms with Gasteiger partial charge in [-0.1, -0.05) is 12.1 Å². The monoisotopic (exact) mass is 263 g/mol. The van der Waals surface area contributed by atoms with E-state index < -0.39 is 0 Å². The Hall–Kier alpha value is -1.55. The third-order valence-electron chi connectivity index (χ3n) is 2.99. The standard InChI is InChI=1S/C15H21NO3/c1-3-18-15(17)14(16-12-7-8-12)10-19-13-6-4-5-11(2)9-13/h4-6,9,12,14,16H,3,7-8,10H2,1-2H3. The van der Waals surface area contributed by atoms with Crippen molar-refractivity contribution >= 4 is 5.97 Å². The fraction of sp³-hybridized carbons (Fsp3) is 0.533. The summed E-state index contributed by atoms with van der Waals surface area (Å²) in [6.45, 7) is 4.52. The number of esters is 1. The summed E-state index contributed by atoms with van der Waals surface area (Å²) >= 11 is 0. The average molecular weight is 263 g/mol. The van der Waals surface area contributed by atoms with Gasteiger partial charge in [0.2, 0.25) is 0 Å². The highest BCUT2D eigenvalue weighted by Gasteiger charge is 2.29. The van der Waals surface area contributed by atoms with E-state index in [0.29, 0.717) is 19.3 Å². The van der Waals surface area contributed by atoms with Crippen molar-refractivity contribution in [3.8, 4) is 5.75 Å². The van der Waals surface area contributed by atoms with Gasteiger partial charge >= 0.3 is 5.97 Å². The molecule has 19 heavy (non-hydrogen) atoms. The molecule has 0 saturated heterocycles. The highest BCUT2D eigenvalue weighted by Crippen LogP contribution is 2.20. The van der Waals surface area contributed by atoms with Gasteiger partial charge in [-0.05, 0) is 44.4 Å². The Balaban J connectivity index is 1.89. The Morgan fingerprint density at radius 2 is 2.26 bits per heavy atom. The Morgan fingerprint density at radius 3 is 2.89 bits per heavy atom. The van der Waals surface area contributed by atoms with E-state index >= 15 is 0 Å². The number of carbonyl (C=O) groups is 1. The third kappa shape index (κ3) is 4.56. The lowest BCUT2D eigenvalue weighted by Crippen LogP contribution is -2.43. The first-order chi connectivity index (χ1) is 9.19. The second-order valence-corrected chi connectivity index (χ2v) is 4.87. The largest absolute Gasteiger partial charge is 0.491 e. The molecule has 0 amide bonds. The van der Waals surface area contributed by atoms with Gasteiger partial charge in [-0.25, -0.2) is 0 Å². The van der Waals surface area contributed by atoms with Crippen LogP contribution in [0.5, 0.6) is 5.75 Å². The summed E-state index contributed by atoms with van der Waals surface area (Å²) in [7, 11) is 0. The summed E-state index contributed by atoms with van der Waals surface area (Å²) in [4.78, 5) is 11.8. The minimum atomic E-state index is -0.382. The topological polar surface area (TPSA) is 47.6 Å². The molecule has 1 fully saturated rings. The first kappa shape index (κ1) is 13.9. The van der Waals surface area contributed by atoms with Crippen LogP contribution in [0.4, 0.5) is 0 Å². The number of aryl methyl sites for hydroxylation is 1. The van der Waals surface area contributed by atoms with Crippen molar-refractivity contribution < 1.29 is 14.3 Å². The van der Waals surface area contributed by atoms with Crippen LogP contribution in [0, 0.1) is 6.92 Å². The SMILES string of the molecule is CCOC(=O)C(COc1cccc(C)c1)NC1CC1. The molecule has 0 bridgehead atoms. The maximum atomic E-state index is 11.8. The fourth-order valence-electron chi connectivity index (χ4n) is 1.85. The predicted octanol–water partition coefficient (Wildman–Crippen LogP) is 2.06. The van der Waals surface area contributed by atoms with Crippen molar-refractivity contribution in [1.82, 2.24) is 5.32 Å². The molecule has 1 N–H and O–H groups in total. The number of rotatable bonds is 7. The van der Waals surface area contributed by atoms with Crippen LogP contribution in [0.25, 0.3) is 0 Å². The van der Waals surface area contributed by atoms with Crippen molar-refractivity contribution in [3.63, 3.8) is 0 Å². The van der Waals surface area contributed by atoms with Crippen molar-refractivity contribution in [2.24, 2.45) is 0 Å². The molecule has 0 spiro atoms. The van der Waals surface area contributed by atoms with Gasteiger partial charge in [-0.2, -0.15) is 0 Å². The molecule has 1 aliphatic carbocycles. The van der Waals surface area contributed by atoms with E-state index in [1.165, 1.54) is 0 Å². The lowest BCUT2D eigenvalue weighted by molar-refractivity contribution is -0.146. The summed E-state index contributed by atoms with van der Waals surface area (Å²) in [6, 6.07) is 7.87. The molecule has 1 aliphatic rings. The fourth-order valence-corrected chi connectivity index (χ4v) is 1.85. The number of carbonyl (C=O) groups excluding carboxylic acids is 1. The van der Waals surface area contributed by atoms with Crippen LogP contribution in [0.2, 0.25) is 0 Å². The van der Waals surface area contributed by atoms with Gasteiger partial charge in [0.25, 0.3) is 0 Å². The first-order valence-electron chi connectivity index (χ1n) is 6.81. The Bertz CT molecular complexity index is 429. The zero-order valence-electron chi connectivity index (χ0n) is 11.5. The smallest absolute Gasteiger partial charge is 0.326 e. The summed E-state index contributed by atoms with van der Waals surface area (Å²) in [6.07, 6.45) is 2.25. The number of ether oxygens (including phenoxy) is 2. The number of nitrogens with one attached hydrogen (secondary N) is 1. The van der Waals surface area contributed by atoms with Crippen LogP contribution < -0.4 is 10.1 Å². The molecule has 1 saturated carbocycles. The van der Waals surface area contributed by atoms with E-state index in [2.05, 4.69) is 5.32 Å². The number of benzene rings is 1. The molecule has 2 rings (SSSR count). The molecule has 4 nitrogen and oxygen atoms in total. The van der Waals surface area contributed by atoms with E-state index in [-0.39, 0.29) is 12.0 Å². The molecule has 1 aromatic rings. The molecule has 0 radical (unpaired) electrons. The summed E-state index contributed by atoms with van der Waals surface area (Å²) in [5.74, 6) is 0.550. The van der Waals surface area contributed by atoms with Gasteiger partial charge < -0.3 is 9.47 Å². The van der Waals surface area contributed by atoms with Crippen LogP contribution >= 0.6 is 0 Å². The summed E-state index contributed by atoms with van der Waals surface area (Å²) < 4.78 is 10.7. The van der Waals surface area contributed by atoms with Gasteiger partial charge in [0.1, 0.15) is 18.4 Å². The molecule has 0 aliphatic heterocycles. The average Bonchev–Trinajstić information content (AvgIpc) is 3.18. The molecule has 0 aromatic heterocycles. The van der Waals surface area contributed by atoms with Gasteiger partial charge in [0.15, 0.2) is 0 Å². The van der Waals surface area contributed by atoms with E-state index in [1.54, 1.807) is 0 Å². The highest BCUT2D eigenvalue weighted by molar-refractivity contribution is 5.76. The molecule has 4 heteroatoms. The Labute approximate surface area is 114 Å². The molecule has 1 atom stereocenters. The van der Waals surface area contributed by atoms with Gasteiger partial charge in [0, 0.05) is 6.04 Å². The lowest BCUT2D eigenvalue weighted by Gasteiger charge is -2.17. The molecule has 0 heterocycles. The predicted molar refractivity (Wildman–Crippen MR) is 73.3 cm³/mol. The van der Waals surface area contributed by atoms with Crippen molar-refractivity contribution in [3.05, 3.63) is 29.8 Å². The molecule has 104 valence electrons. The molecular weight excluding hydrogens is 242 g/mol. The van der Waals surface area contributed by atoms with Crippen LogP contribution in [0.3, 0.4) is 0 Å². The van der Waals surface area contributed by atoms with Crippen molar-refractivity contribution in [1.29, 1.82) is 0 Å². The quantitative estimate of drug-likeness (QED) is 0.765. The molecule has 1 unspecified atom stereocenters. The summed E-state index contributed by atoms with van der Waals surface area (Å²) in [5.41, 5.74) is 1.14.